The number of nitriles is 1. The molecule has 9 heteroatoms. The molecule has 0 aliphatic carbocycles. The van der Waals surface area contributed by atoms with Crippen LogP contribution in [0.1, 0.15) is 21.6 Å². The molecule has 1 aromatic carbocycles. The molecule has 0 spiro atoms. The highest BCUT2D eigenvalue weighted by Gasteiger charge is 2.21. The van der Waals surface area contributed by atoms with E-state index in [1.807, 2.05) is 13.0 Å². The first-order chi connectivity index (χ1) is 12.4. The van der Waals surface area contributed by atoms with Crippen LogP contribution in [-0.4, -0.2) is 27.3 Å². The van der Waals surface area contributed by atoms with Crippen molar-refractivity contribution >= 4 is 38.2 Å². The number of halogens is 1. The normalized spacial score (nSPS) is 10.2. The van der Waals surface area contributed by atoms with Gasteiger partial charge >= 0.3 is 0 Å². The summed E-state index contributed by atoms with van der Waals surface area (Å²) in [6.45, 7) is 1.88. The highest BCUT2D eigenvalue weighted by molar-refractivity contribution is 9.10. The first kappa shape index (κ1) is 19.9. The zero-order chi connectivity index (χ0) is 19.4. The molecular weight excluding hydrogens is 420 g/mol. The van der Waals surface area contributed by atoms with Crippen LogP contribution in [0, 0.1) is 18.3 Å². The quantitative estimate of drug-likeness (QED) is 0.528. The standard InChI is InChI=1S/C17H19BrN4O3S/c1-8-10(7-19)16(22-17(20)21)26-12(8)6-9-5-11(23-2)14(24-3)15(25-4)13(9)18/h5H,6H2,1-4H3,(H4,20,21,22). The van der Waals surface area contributed by atoms with Crippen molar-refractivity contribution in [3.05, 3.63) is 32.1 Å². The van der Waals surface area contributed by atoms with Gasteiger partial charge in [-0.2, -0.15) is 5.26 Å². The van der Waals surface area contributed by atoms with Crippen LogP contribution in [0.2, 0.25) is 0 Å². The number of thiophene rings is 1. The summed E-state index contributed by atoms with van der Waals surface area (Å²) in [4.78, 5) is 5.03. The summed E-state index contributed by atoms with van der Waals surface area (Å²) < 4.78 is 17.0. The molecule has 2 aromatic rings. The van der Waals surface area contributed by atoms with Crippen molar-refractivity contribution in [1.29, 1.82) is 5.26 Å². The summed E-state index contributed by atoms with van der Waals surface area (Å²) in [5.41, 5.74) is 13.2. The minimum Gasteiger partial charge on any atom is -0.493 e. The number of benzene rings is 1. The summed E-state index contributed by atoms with van der Waals surface area (Å²) in [5.74, 6) is 1.53. The van der Waals surface area contributed by atoms with Crippen molar-refractivity contribution in [1.82, 2.24) is 0 Å². The van der Waals surface area contributed by atoms with E-state index in [1.54, 1.807) is 21.3 Å². The lowest BCUT2D eigenvalue weighted by Crippen LogP contribution is -2.21. The van der Waals surface area contributed by atoms with Gasteiger partial charge in [0.05, 0.1) is 31.4 Å². The van der Waals surface area contributed by atoms with Crippen LogP contribution in [0.5, 0.6) is 17.2 Å². The molecule has 0 saturated carbocycles. The van der Waals surface area contributed by atoms with E-state index in [1.165, 1.54) is 11.3 Å². The fraction of sp³-hybridized carbons (Fsp3) is 0.294. The minimum atomic E-state index is -0.0803. The third kappa shape index (κ3) is 3.71. The number of hydrogen-bond donors (Lipinski definition) is 2. The lowest BCUT2D eigenvalue weighted by atomic mass is 10.1. The Balaban J connectivity index is 2.58. The molecule has 0 fully saturated rings. The third-order valence-corrected chi connectivity index (χ3v) is 5.82. The molecule has 0 aliphatic heterocycles. The largest absolute Gasteiger partial charge is 0.493 e. The second-order valence-corrected chi connectivity index (χ2v) is 7.15. The van der Waals surface area contributed by atoms with Gasteiger partial charge in [0.2, 0.25) is 5.75 Å². The first-order valence-corrected chi connectivity index (χ1v) is 9.08. The molecule has 0 atom stereocenters. The van der Waals surface area contributed by atoms with Crippen LogP contribution >= 0.6 is 27.3 Å². The van der Waals surface area contributed by atoms with E-state index in [-0.39, 0.29) is 5.96 Å². The van der Waals surface area contributed by atoms with Crippen LogP contribution in [0.15, 0.2) is 15.5 Å². The lowest BCUT2D eigenvalue weighted by Gasteiger charge is -2.16. The van der Waals surface area contributed by atoms with Gasteiger partial charge in [-0.05, 0) is 40.0 Å². The second kappa shape index (κ2) is 8.29. The van der Waals surface area contributed by atoms with Crippen LogP contribution < -0.4 is 25.7 Å². The van der Waals surface area contributed by atoms with Crippen molar-refractivity contribution in [2.45, 2.75) is 13.3 Å². The molecule has 0 amide bonds. The van der Waals surface area contributed by atoms with E-state index in [4.69, 9.17) is 25.7 Å². The average molecular weight is 439 g/mol. The molecule has 0 radical (unpaired) electrons. The fourth-order valence-corrected chi connectivity index (χ4v) is 4.28. The van der Waals surface area contributed by atoms with Gasteiger partial charge < -0.3 is 25.7 Å². The van der Waals surface area contributed by atoms with Gasteiger partial charge in [-0.1, -0.05) is 0 Å². The van der Waals surface area contributed by atoms with Gasteiger partial charge in [-0.15, -0.1) is 11.3 Å². The average Bonchev–Trinajstić information content (AvgIpc) is 2.89. The van der Waals surface area contributed by atoms with Gasteiger partial charge in [0.1, 0.15) is 11.1 Å². The van der Waals surface area contributed by atoms with Crippen LogP contribution in [0.3, 0.4) is 0 Å². The predicted molar refractivity (Wildman–Crippen MR) is 106 cm³/mol. The monoisotopic (exact) mass is 438 g/mol. The van der Waals surface area contributed by atoms with Crippen LogP contribution in [0.4, 0.5) is 5.00 Å². The van der Waals surface area contributed by atoms with Gasteiger partial charge in [-0.3, -0.25) is 0 Å². The summed E-state index contributed by atoms with van der Waals surface area (Å²) >= 11 is 4.95. The Kier molecular flexibility index (Phi) is 6.34. The number of aliphatic imine (C=N–C) groups is 1. The smallest absolute Gasteiger partial charge is 0.204 e. The van der Waals surface area contributed by atoms with Crippen molar-refractivity contribution in [3.63, 3.8) is 0 Å². The highest BCUT2D eigenvalue weighted by Crippen LogP contribution is 2.46. The summed E-state index contributed by atoms with van der Waals surface area (Å²) in [6.07, 6.45) is 0.544. The minimum absolute atomic E-state index is 0.0803. The van der Waals surface area contributed by atoms with E-state index in [2.05, 4.69) is 27.0 Å². The van der Waals surface area contributed by atoms with Crippen molar-refractivity contribution in [2.75, 3.05) is 21.3 Å². The maximum Gasteiger partial charge on any atom is 0.204 e. The van der Waals surface area contributed by atoms with Gasteiger partial charge in [0, 0.05) is 11.3 Å². The highest BCUT2D eigenvalue weighted by atomic mass is 79.9. The van der Waals surface area contributed by atoms with E-state index in [9.17, 15) is 5.26 Å². The van der Waals surface area contributed by atoms with Crippen LogP contribution in [-0.2, 0) is 6.42 Å². The van der Waals surface area contributed by atoms with Gasteiger partial charge in [-0.25, -0.2) is 4.99 Å². The molecule has 0 saturated heterocycles. The number of guanidine groups is 1. The van der Waals surface area contributed by atoms with Crippen molar-refractivity contribution in [3.8, 4) is 23.3 Å². The van der Waals surface area contributed by atoms with E-state index < -0.39 is 0 Å². The number of nitrogens with two attached hydrogens (primary N) is 2. The molecule has 0 unspecified atom stereocenters. The molecule has 0 bridgehead atoms. The molecule has 0 aliphatic rings. The molecule has 7 nitrogen and oxygen atoms in total. The number of hydrogen-bond acceptors (Lipinski definition) is 6. The lowest BCUT2D eigenvalue weighted by molar-refractivity contribution is 0.322. The number of methoxy groups -OCH3 is 3. The molecule has 4 N–H and O–H groups in total. The van der Waals surface area contributed by atoms with E-state index >= 15 is 0 Å². The second-order valence-electron chi connectivity index (χ2n) is 5.27. The summed E-state index contributed by atoms with van der Waals surface area (Å²) in [6, 6.07) is 4.04. The fourth-order valence-electron chi connectivity index (χ4n) is 2.51. The Morgan fingerprint density at radius 1 is 1.23 bits per heavy atom. The Hall–Kier alpha value is -2.44. The Labute approximate surface area is 164 Å². The molecule has 26 heavy (non-hydrogen) atoms. The molecule has 1 aromatic heterocycles. The number of ether oxygens (including phenoxy) is 3. The van der Waals surface area contributed by atoms with Crippen LogP contribution in [0.25, 0.3) is 0 Å². The maximum absolute atomic E-state index is 9.42. The Morgan fingerprint density at radius 2 is 1.88 bits per heavy atom. The predicted octanol–water partition coefficient (Wildman–Crippen LogP) is 3.21. The van der Waals surface area contributed by atoms with Crippen molar-refractivity contribution < 1.29 is 14.2 Å². The van der Waals surface area contributed by atoms with E-state index in [0.29, 0.717) is 34.2 Å². The number of rotatable bonds is 6. The third-order valence-electron chi connectivity index (χ3n) is 3.77. The molecule has 2 rings (SSSR count). The zero-order valence-electron chi connectivity index (χ0n) is 14.8. The Morgan fingerprint density at radius 3 is 2.38 bits per heavy atom. The SMILES string of the molecule is COc1cc(Cc2sc(N=C(N)N)c(C#N)c2C)c(Br)c(OC)c1OC. The Bertz CT molecular complexity index is 899. The zero-order valence-corrected chi connectivity index (χ0v) is 17.2. The summed E-state index contributed by atoms with van der Waals surface area (Å²) in [7, 11) is 4.68. The van der Waals surface area contributed by atoms with Crippen molar-refractivity contribution in [2.24, 2.45) is 16.5 Å². The first-order valence-electron chi connectivity index (χ1n) is 7.47. The topological polar surface area (TPSA) is 116 Å². The molecule has 138 valence electrons. The van der Waals surface area contributed by atoms with E-state index in [0.717, 1.165) is 20.5 Å². The maximum atomic E-state index is 9.42. The molecular formula is C17H19BrN4O3S. The van der Waals surface area contributed by atoms with Gasteiger partial charge in [0.25, 0.3) is 0 Å². The number of nitrogens with zero attached hydrogens (tertiary/aromatic N) is 2. The van der Waals surface area contributed by atoms with Gasteiger partial charge in [0.15, 0.2) is 17.5 Å². The summed E-state index contributed by atoms with van der Waals surface area (Å²) in [5, 5.41) is 9.92. The molecule has 1 heterocycles.